The molecular weight excluding hydrogens is 178 g/mol. The number of nitrogens with zero attached hydrogens (tertiary/aromatic N) is 1. The first kappa shape index (κ1) is 13.2. The number of esters is 1. The second-order valence-corrected chi connectivity index (χ2v) is 4.26. The number of hydrogen-bond acceptors (Lipinski definition) is 3. The molecule has 0 aliphatic heterocycles. The molecule has 0 aliphatic rings. The molecule has 3 heteroatoms. The number of likely N-dealkylation sites (N-methyl/N-ethyl adjacent to an activating group) is 1. The van der Waals surface area contributed by atoms with E-state index in [4.69, 9.17) is 4.74 Å². The van der Waals surface area contributed by atoms with E-state index in [0.29, 0.717) is 5.57 Å². The van der Waals surface area contributed by atoms with Gasteiger partial charge < -0.3 is 9.64 Å². The smallest absolute Gasteiger partial charge is 0.333 e. The second-order valence-electron chi connectivity index (χ2n) is 4.26. The molecule has 0 radical (unpaired) electrons. The molecule has 0 rings (SSSR count). The van der Waals surface area contributed by atoms with Crippen molar-refractivity contribution in [1.29, 1.82) is 0 Å². The van der Waals surface area contributed by atoms with Crippen LogP contribution in [0.15, 0.2) is 12.2 Å². The maximum absolute atomic E-state index is 11.3. The Kier molecular flexibility index (Phi) is 4.85. The Morgan fingerprint density at radius 2 is 2.00 bits per heavy atom. The molecular formula is C11H21NO2. The van der Waals surface area contributed by atoms with Gasteiger partial charge in [0.1, 0.15) is 5.60 Å². The van der Waals surface area contributed by atoms with E-state index in [0.717, 1.165) is 13.1 Å². The van der Waals surface area contributed by atoms with Crippen LogP contribution < -0.4 is 0 Å². The molecule has 14 heavy (non-hydrogen) atoms. The molecule has 0 unspecified atom stereocenters. The minimum absolute atomic E-state index is 0.320. The van der Waals surface area contributed by atoms with E-state index in [1.165, 1.54) is 0 Å². The van der Waals surface area contributed by atoms with Crippen LogP contribution in [0.4, 0.5) is 0 Å². The van der Waals surface area contributed by atoms with Gasteiger partial charge in [-0.3, -0.25) is 0 Å². The highest BCUT2D eigenvalue weighted by atomic mass is 16.6. The number of carbonyl (C=O) groups excluding carboxylic acids is 1. The van der Waals surface area contributed by atoms with Crippen molar-refractivity contribution in [3.8, 4) is 0 Å². The lowest BCUT2D eigenvalue weighted by Crippen LogP contribution is -2.40. The summed E-state index contributed by atoms with van der Waals surface area (Å²) in [6, 6.07) is 0. The van der Waals surface area contributed by atoms with Crippen molar-refractivity contribution < 1.29 is 9.53 Å². The molecule has 0 amide bonds. The largest absolute Gasteiger partial charge is 0.455 e. The predicted octanol–water partition coefficient (Wildman–Crippen LogP) is 1.84. The third-order valence-corrected chi connectivity index (χ3v) is 1.91. The first-order valence-corrected chi connectivity index (χ1v) is 4.86. The highest BCUT2D eigenvalue weighted by Crippen LogP contribution is 2.12. The van der Waals surface area contributed by atoms with Gasteiger partial charge in [-0.25, -0.2) is 4.79 Å². The van der Waals surface area contributed by atoms with Gasteiger partial charge in [0.25, 0.3) is 0 Å². The fourth-order valence-electron chi connectivity index (χ4n) is 1.13. The second kappa shape index (κ2) is 5.15. The van der Waals surface area contributed by atoms with Gasteiger partial charge >= 0.3 is 5.97 Å². The quantitative estimate of drug-likeness (QED) is 0.500. The molecule has 3 nitrogen and oxygen atoms in total. The summed E-state index contributed by atoms with van der Waals surface area (Å²) in [5, 5.41) is 0. The summed E-state index contributed by atoms with van der Waals surface area (Å²) in [4.78, 5) is 13.4. The third-order valence-electron chi connectivity index (χ3n) is 1.91. The maximum atomic E-state index is 11.3. The van der Waals surface area contributed by atoms with Crippen molar-refractivity contribution in [3.63, 3.8) is 0 Å². The summed E-state index contributed by atoms with van der Waals surface area (Å²) in [6.07, 6.45) is 0. The number of hydrogen-bond donors (Lipinski definition) is 0. The fraction of sp³-hybridized carbons (Fsp3) is 0.727. The average molecular weight is 199 g/mol. The Hall–Kier alpha value is -0.830. The molecule has 0 heterocycles. The molecule has 0 atom stereocenters. The zero-order chi connectivity index (χ0) is 11.4. The molecule has 0 saturated heterocycles. The van der Waals surface area contributed by atoms with Crippen molar-refractivity contribution >= 4 is 5.97 Å². The Balaban J connectivity index is 4.19. The van der Waals surface area contributed by atoms with Crippen molar-refractivity contribution in [2.24, 2.45) is 0 Å². The molecule has 0 saturated carbocycles. The molecule has 0 fully saturated rings. The molecule has 0 bridgehead atoms. The predicted molar refractivity (Wildman–Crippen MR) is 58.2 cm³/mol. The molecule has 0 aliphatic carbocycles. The van der Waals surface area contributed by atoms with Gasteiger partial charge in [0.05, 0.1) is 0 Å². The number of rotatable bonds is 5. The third kappa shape index (κ3) is 5.02. The fourth-order valence-corrected chi connectivity index (χ4v) is 1.13. The first-order chi connectivity index (χ1) is 6.28. The standard InChI is InChI=1S/C11H21NO2/c1-7-12(6)8-11(4,5)14-10(13)9(2)3/h2,7-8H2,1,3-6H3. The van der Waals surface area contributed by atoms with Gasteiger partial charge in [0.2, 0.25) is 0 Å². The van der Waals surface area contributed by atoms with E-state index in [1.807, 2.05) is 20.9 Å². The highest BCUT2D eigenvalue weighted by molar-refractivity contribution is 5.87. The van der Waals surface area contributed by atoms with Crippen molar-refractivity contribution in [1.82, 2.24) is 4.90 Å². The summed E-state index contributed by atoms with van der Waals surface area (Å²) < 4.78 is 5.29. The van der Waals surface area contributed by atoms with Gasteiger partial charge in [0.15, 0.2) is 0 Å². The first-order valence-electron chi connectivity index (χ1n) is 4.86. The van der Waals surface area contributed by atoms with Crippen LogP contribution in [0.1, 0.15) is 27.7 Å². The molecule has 0 aromatic carbocycles. The van der Waals surface area contributed by atoms with Crippen LogP contribution >= 0.6 is 0 Å². The topological polar surface area (TPSA) is 29.5 Å². The minimum atomic E-state index is -0.458. The average Bonchev–Trinajstić information content (AvgIpc) is 2.02. The monoisotopic (exact) mass is 199 g/mol. The van der Waals surface area contributed by atoms with E-state index in [-0.39, 0.29) is 5.97 Å². The Bertz CT molecular complexity index is 221. The zero-order valence-electron chi connectivity index (χ0n) is 9.89. The molecule has 82 valence electrons. The lowest BCUT2D eigenvalue weighted by molar-refractivity contribution is -0.152. The SMILES string of the molecule is C=C(C)C(=O)OC(C)(C)CN(C)CC. The van der Waals surface area contributed by atoms with Gasteiger partial charge in [-0.1, -0.05) is 13.5 Å². The molecule has 0 N–H and O–H groups in total. The minimum Gasteiger partial charge on any atom is -0.455 e. The van der Waals surface area contributed by atoms with E-state index in [2.05, 4.69) is 18.4 Å². The van der Waals surface area contributed by atoms with E-state index in [9.17, 15) is 4.79 Å². The Morgan fingerprint density at radius 3 is 2.36 bits per heavy atom. The van der Waals surface area contributed by atoms with Crippen molar-refractivity contribution in [3.05, 3.63) is 12.2 Å². The van der Waals surface area contributed by atoms with E-state index in [1.54, 1.807) is 6.92 Å². The molecule has 0 spiro atoms. The Labute approximate surface area is 86.7 Å². The van der Waals surface area contributed by atoms with Crippen molar-refractivity contribution in [2.45, 2.75) is 33.3 Å². The van der Waals surface area contributed by atoms with Crippen molar-refractivity contribution in [2.75, 3.05) is 20.1 Å². The number of carbonyl (C=O) groups is 1. The van der Waals surface area contributed by atoms with Crippen LogP contribution in [0.3, 0.4) is 0 Å². The number of ether oxygens (including phenoxy) is 1. The summed E-state index contributed by atoms with van der Waals surface area (Å²) in [6.45, 7) is 12.7. The summed E-state index contributed by atoms with van der Waals surface area (Å²) in [5.41, 5.74) is -0.0157. The van der Waals surface area contributed by atoms with Crippen LogP contribution in [0.2, 0.25) is 0 Å². The van der Waals surface area contributed by atoms with Gasteiger partial charge in [-0.05, 0) is 34.4 Å². The summed E-state index contributed by atoms with van der Waals surface area (Å²) >= 11 is 0. The van der Waals surface area contributed by atoms with E-state index >= 15 is 0 Å². The van der Waals surface area contributed by atoms with Crippen LogP contribution in [0.25, 0.3) is 0 Å². The normalized spacial score (nSPS) is 11.6. The van der Waals surface area contributed by atoms with Crippen LogP contribution in [-0.4, -0.2) is 36.6 Å². The lowest BCUT2D eigenvalue weighted by atomic mass is 10.1. The summed E-state index contributed by atoms with van der Waals surface area (Å²) in [7, 11) is 2.00. The van der Waals surface area contributed by atoms with Gasteiger partial charge in [0, 0.05) is 12.1 Å². The molecule has 0 aromatic rings. The van der Waals surface area contributed by atoms with Crippen LogP contribution in [-0.2, 0) is 9.53 Å². The Morgan fingerprint density at radius 1 is 1.50 bits per heavy atom. The maximum Gasteiger partial charge on any atom is 0.333 e. The molecule has 0 aromatic heterocycles. The lowest BCUT2D eigenvalue weighted by Gasteiger charge is -2.29. The zero-order valence-corrected chi connectivity index (χ0v) is 9.89. The summed E-state index contributed by atoms with van der Waals surface area (Å²) in [5.74, 6) is -0.320. The highest BCUT2D eigenvalue weighted by Gasteiger charge is 2.24. The van der Waals surface area contributed by atoms with Crippen LogP contribution in [0.5, 0.6) is 0 Å². The van der Waals surface area contributed by atoms with Crippen LogP contribution in [0, 0.1) is 0 Å². The van der Waals surface area contributed by atoms with Gasteiger partial charge in [-0.15, -0.1) is 0 Å². The van der Waals surface area contributed by atoms with Gasteiger partial charge in [-0.2, -0.15) is 0 Å². The van der Waals surface area contributed by atoms with E-state index < -0.39 is 5.60 Å².